The highest BCUT2D eigenvalue weighted by Crippen LogP contribution is 2.32. The fourth-order valence-corrected chi connectivity index (χ4v) is 4.09. The van der Waals surface area contributed by atoms with Crippen LogP contribution >= 0.6 is 12.4 Å². The average molecular weight is 342 g/mol. The average Bonchev–Trinajstić information content (AvgIpc) is 2.95. The number of carbonyl (C=O) groups is 1. The van der Waals surface area contributed by atoms with E-state index in [4.69, 9.17) is 4.52 Å². The molecule has 6 heteroatoms. The summed E-state index contributed by atoms with van der Waals surface area (Å²) < 4.78 is 5.18. The lowest BCUT2D eigenvalue weighted by Crippen LogP contribution is -2.41. The van der Waals surface area contributed by atoms with Gasteiger partial charge in [0, 0.05) is 30.1 Å². The van der Waals surface area contributed by atoms with Crippen molar-refractivity contribution in [2.24, 2.45) is 5.92 Å². The molecule has 1 aromatic rings. The molecule has 2 N–H and O–H groups in total. The lowest BCUT2D eigenvalue weighted by atomic mass is 9.89. The highest BCUT2D eigenvalue weighted by Gasteiger charge is 2.34. The first-order valence-electron chi connectivity index (χ1n) is 8.48. The number of rotatable bonds is 5. The number of aryl methyl sites for hydroxylation is 2. The molecule has 2 fully saturated rings. The number of hydrogen-bond acceptors (Lipinski definition) is 4. The van der Waals surface area contributed by atoms with Crippen molar-refractivity contribution in [2.75, 3.05) is 0 Å². The van der Waals surface area contributed by atoms with Crippen molar-refractivity contribution < 1.29 is 9.32 Å². The Labute approximate surface area is 144 Å². The predicted molar refractivity (Wildman–Crippen MR) is 91.8 cm³/mol. The molecule has 23 heavy (non-hydrogen) atoms. The second kappa shape index (κ2) is 7.67. The van der Waals surface area contributed by atoms with E-state index in [-0.39, 0.29) is 24.4 Å². The number of hydrogen-bond donors (Lipinski definition) is 2. The lowest BCUT2D eigenvalue weighted by molar-refractivity contribution is -0.122. The van der Waals surface area contributed by atoms with Gasteiger partial charge in [-0.05, 0) is 58.8 Å². The minimum atomic E-state index is 0. The van der Waals surface area contributed by atoms with Crippen molar-refractivity contribution in [1.29, 1.82) is 0 Å². The van der Waals surface area contributed by atoms with E-state index < -0.39 is 0 Å². The molecular weight excluding hydrogens is 314 g/mol. The van der Waals surface area contributed by atoms with Gasteiger partial charge in [0.15, 0.2) is 0 Å². The fourth-order valence-electron chi connectivity index (χ4n) is 4.09. The maximum Gasteiger partial charge on any atom is 0.220 e. The number of fused-ring (bicyclic) bond motifs is 2. The molecule has 5 nitrogen and oxygen atoms in total. The van der Waals surface area contributed by atoms with Crippen LogP contribution in [0, 0.1) is 19.8 Å². The van der Waals surface area contributed by atoms with E-state index in [1.807, 2.05) is 13.8 Å². The van der Waals surface area contributed by atoms with Gasteiger partial charge < -0.3 is 15.2 Å². The Bertz CT molecular complexity index is 514. The van der Waals surface area contributed by atoms with E-state index >= 15 is 0 Å². The van der Waals surface area contributed by atoms with Crippen LogP contribution in [-0.2, 0) is 11.2 Å². The highest BCUT2D eigenvalue weighted by atomic mass is 35.5. The van der Waals surface area contributed by atoms with Crippen molar-refractivity contribution >= 4 is 18.3 Å². The molecule has 3 rings (SSSR count). The molecule has 0 saturated carbocycles. The number of amides is 1. The Hall–Kier alpha value is -1.07. The molecule has 0 spiro atoms. The molecule has 1 aromatic heterocycles. The van der Waals surface area contributed by atoms with Crippen LogP contribution in [0.5, 0.6) is 0 Å². The van der Waals surface area contributed by atoms with E-state index in [0.717, 1.165) is 36.3 Å². The maximum absolute atomic E-state index is 12.3. The minimum absolute atomic E-state index is 0. The highest BCUT2D eigenvalue weighted by molar-refractivity contribution is 5.85. The van der Waals surface area contributed by atoms with E-state index in [0.29, 0.717) is 24.4 Å². The van der Waals surface area contributed by atoms with Crippen LogP contribution in [0.4, 0.5) is 0 Å². The summed E-state index contributed by atoms with van der Waals surface area (Å²) in [5, 5.41) is 10.7. The summed E-state index contributed by atoms with van der Waals surface area (Å²) >= 11 is 0. The van der Waals surface area contributed by atoms with Crippen LogP contribution in [0.15, 0.2) is 4.52 Å². The second-order valence-corrected chi connectivity index (χ2v) is 7.15. The third-order valence-corrected chi connectivity index (χ3v) is 5.14. The Kier molecular flexibility index (Phi) is 6.09. The van der Waals surface area contributed by atoms with Gasteiger partial charge >= 0.3 is 0 Å². The lowest BCUT2D eigenvalue weighted by Gasteiger charge is -2.29. The maximum atomic E-state index is 12.3. The van der Waals surface area contributed by atoms with Gasteiger partial charge in [0.2, 0.25) is 5.91 Å². The fraction of sp³-hybridized carbons (Fsp3) is 0.765. The molecular formula is C17H28ClN3O2. The number of nitrogens with zero attached hydrogens (tertiary/aromatic N) is 1. The zero-order valence-electron chi connectivity index (χ0n) is 14.2. The Balaban J connectivity index is 0.00000192. The van der Waals surface area contributed by atoms with Crippen LogP contribution in [0.25, 0.3) is 0 Å². The molecule has 2 aliphatic heterocycles. The van der Waals surface area contributed by atoms with Gasteiger partial charge in [0.05, 0.1) is 5.69 Å². The van der Waals surface area contributed by atoms with Gasteiger partial charge in [-0.3, -0.25) is 4.79 Å². The third kappa shape index (κ3) is 4.48. The zero-order chi connectivity index (χ0) is 15.7. The van der Waals surface area contributed by atoms with E-state index in [1.54, 1.807) is 0 Å². The molecule has 2 saturated heterocycles. The summed E-state index contributed by atoms with van der Waals surface area (Å²) in [6.07, 6.45) is 6.33. The van der Waals surface area contributed by atoms with Crippen LogP contribution in [0.3, 0.4) is 0 Å². The van der Waals surface area contributed by atoms with Crippen molar-refractivity contribution in [1.82, 2.24) is 15.8 Å². The smallest absolute Gasteiger partial charge is 0.220 e. The predicted octanol–water partition coefficient (Wildman–Crippen LogP) is 2.68. The molecule has 1 amide bonds. The Morgan fingerprint density at radius 1 is 1.35 bits per heavy atom. The monoisotopic (exact) mass is 341 g/mol. The quantitative estimate of drug-likeness (QED) is 0.864. The van der Waals surface area contributed by atoms with Crippen LogP contribution in [0.1, 0.15) is 56.0 Å². The standard InChI is InChI=1S/C17H27N3O2.ClH/c1-10(6-16-11(2)20-22-12(16)3)18-17(21)9-13-7-14-4-5-15(8-13)19-14;/h10,13-15,19H,4-9H2,1-3H3,(H,18,21);1H. The molecule has 2 aliphatic rings. The summed E-state index contributed by atoms with van der Waals surface area (Å²) in [6, 6.07) is 1.41. The number of nitrogens with one attached hydrogen (secondary N) is 2. The summed E-state index contributed by atoms with van der Waals surface area (Å²) in [7, 11) is 0. The van der Waals surface area contributed by atoms with Crippen molar-refractivity contribution in [3.05, 3.63) is 17.0 Å². The van der Waals surface area contributed by atoms with Gasteiger partial charge in [-0.1, -0.05) is 5.16 Å². The molecule has 0 radical (unpaired) electrons. The van der Waals surface area contributed by atoms with Gasteiger partial charge in [0.1, 0.15) is 5.76 Å². The molecule has 0 aliphatic carbocycles. The number of piperidine rings is 1. The molecule has 2 bridgehead atoms. The van der Waals surface area contributed by atoms with Crippen LogP contribution in [-0.4, -0.2) is 29.2 Å². The molecule has 3 unspecified atom stereocenters. The first kappa shape index (κ1) is 18.3. The molecule has 3 atom stereocenters. The summed E-state index contributed by atoms with van der Waals surface area (Å²) in [5.41, 5.74) is 2.04. The Morgan fingerprint density at radius 2 is 2.00 bits per heavy atom. The van der Waals surface area contributed by atoms with Gasteiger partial charge in [-0.25, -0.2) is 0 Å². The van der Waals surface area contributed by atoms with E-state index in [1.165, 1.54) is 12.8 Å². The summed E-state index contributed by atoms with van der Waals surface area (Å²) in [6.45, 7) is 5.93. The Morgan fingerprint density at radius 3 is 2.57 bits per heavy atom. The SMILES string of the molecule is Cc1noc(C)c1CC(C)NC(=O)CC1CC2CCC(C1)N2.Cl. The third-order valence-electron chi connectivity index (χ3n) is 5.14. The van der Waals surface area contributed by atoms with Gasteiger partial charge in [0.25, 0.3) is 0 Å². The van der Waals surface area contributed by atoms with Crippen molar-refractivity contribution in [3.8, 4) is 0 Å². The first-order chi connectivity index (χ1) is 10.5. The minimum Gasteiger partial charge on any atom is -0.361 e. The number of aromatic nitrogens is 1. The molecule has 130 valence electrons. The van der Waals surface area contributed by atoms with Crippen LogP contribution in [0.2, 0.25) is 0 Å². The first-order valence-corrected chi connectivity index (χ1v) is 8.48. The van der Waals surface area contributed by atoms with E-state index in [2.05, 4.69) is 22.7 Å². The largest absolute Gasteiger partial charge is 0.361 e. The normalized spacial score (nSPS) is 27.3. The number of carbonyl (C=O) groups excluding carboxylic acids is 1. The summed E-state index contributed by atoms with van der Waals surface area (Å²) in [4.78, 5) is 12.3. The van der Waals surface area contributed by atoms with E-state index in [9.17, 15) is 4.79 Å². The molecule has 3 heterocycles. The van der Waals surface area contributed by atoms with Crippen molar-refractivity contribution in [3.63, 3.8) is 0 Å². The van der Waals surface area contributed by atoms with Gasteiger partial charge in [-0.2, -0.15) is 0 Å². The van der Waals surface area contributed by atoms with Crippen LogP contribution < -0.4 is 10.6 Å². The molecule has 0 aromatic carbocycles. The second-order valence-electron chi connectivity index (χ2n) is 7.15. The summed E-state index contributed by atoms with van der Waals surface area (Å²) in [5.74, 6) is 1.59. The van der Waals surface area contributed by atoms with Crippen molar-refractivity contribution in [2.45, 2.75) is 77.4 Å². The number of halogens is 1. The zero-order valence-corrected chi connectivity index (χ0v) is 15.0. The van der Waals surface area contributed by atoms with Gasteiger partial charge in [-0.15, -0.1) is 12.4 Å². The topological polar surface area (TPSA) is 67.2 Å².